The van der Waals surface area contributed by atoms with Gasteiger partial charge in [0.2, 0.25) is 0 Å². The van der Waals surface area contributed by atoms with Gasteiger partial charge in [0.25, 0.3) is 0 Å². The van der Waals surface area contributed by atoms with E-state index in [-0.39, 0.29) is 0 Å². The maximum atomic E-state index is 5.98. The lowest BCUT2D eigenvalue weighted by Gasteiger charge is -2.06. The number of H-pyrrole nitrogens is 2. The van der Waals surface area contributed by atoms with Crippen molar-refractivity contribution in [3.63, 3.8) is 0 Å². The average molecular weight is 573 g/mol. The number of ether oxygens (including phenoxy) is 5. The monoisotopic (exact) mass is 572 g/mol. The third-order valence-electron chi connectivity index (χ3n) is 7.59. The van der Waals surface area contributed by atoms with Gasteiger partial charge in [-0.05, 0) is 84.4 Å². The predicted molar refractivity (Wildman–Crippen MR) is 167 cm³/mol. The number of fused-ring (bicyclic) bond motifs is 10. The molecular formula is C33H40N4O5. The molecule has 42 heavy (non-hydrogen) atoms. The third-order valence-corrected chi connectivity index (χ3v) is 7.59. The van der Waals surface area contributed by atoms with Crippen LogP contribution in [0.3, 0.4) is 0 Å². The molecule has 2 aliphatic rings. The molecule has 0 aromatic carbocycles. The van der Waals surface area contributed by atoms with Gasteiger partial charge in [-0.2, -0.15) is 0 Å². The van der Waals surface area contributed by atoms with Crippen molar-refractivity contribution in [3.05, 3.63) is 64.2 Å². The minimum Gasteiger partial charge on any atom is -0.494 e. The number of rotatable bonds is 13. The molecule has 0 amide bonds. The van der Waals surface area contributed by atoms with Crippen molar-refractivity contribution in [1.82, 2.24) is 19.9 Å². The zero-order valence-corrected chi connectivity index (χ0v) is 25.1. The molecule has 5 heterocycles. The van der Waals surface area contributed by atoms with Gasteiger partial charge in [0.15, 0.2) is 0 Å². The van der Waals surface area contributed by atoms with E-state index in [2.05, 4.69) is 46.4 Å². The highest BCUT2D eigenvalue weighted by Crippen LogP contribution is 2.34. The molecule has 0 saturated heterocycles. The summed E-state index contributed by atoms with van der Waals surface area (Å²) < 4.78 is 27.7. The Morgan fingerprint density at radius 1 is 0.571 bits per heavy atom. The highest BCUT2D eigenvalue weighted by molar-refractivity contribution is 5.91. The van der Waals surface area contributed by atoms with Crippen molar-refractivity contribution in [2.75, 3.05) is 62.0 Å². The Morgan fingerprint density at radius 3 is 1.76 bits per heavy atom. The number of aromatic amines is 2. The van der Waals surface area contributed by atoms with Crippen LogP contribution in [-0.4, -0.2) is 81.9 Å². The van der Waals surface area contributed by atoms with E-state index in [1.807, 2.05) is 6.07 Å². The summed E-state index contributed by atoms with van der Waals surface area (Å²) >= 11 is 0. The van der Waals surface area contributed by atoms with Crippen LogP contribution in [0.25, 0.3) is 45.4 Å². The second-order valence-electron chi connectivity index (χ2n) is 10.3. The van der Waals surface area contributed by atoms with Crippen LogP contribution in [0.15, 0.2) is 30.3 Å². The Labute approximate surface area is 246 Å². The lowest BCUT2D eigenvalue weighted by molar-refractivity contribution is 0.202. The predicted octanol–water partition coefficient (Wildman–Crippen LogP) is 5.86. The fourth-order valence-electron chi connectivity index (χ4n) is 5.31. The van der Waals surface area contributed by atoms with Crippen LogP contribution >= 0.6 is 0 Å². The number of nitrogens with zero attached hydrogens (tertiary/aromatic N) is 2. The van der Waals surface area contributed by atoms with Gasteiger partial charge in [-0.1, -0.05) is 0 Å². The Hall–Kier alpha value is -3.76. The quantitative estimate of drug-likeness (QED) is 0.265. The molecule has 0 radical (unpaired) electrons. The van der Waals surface area contributed by atoms with Crippen molar-refractivity contribution < 1.29 is 23.7 Å². The maximum Gasteiger partial charge on any atom is 0.146 e. The Balaban J connectivity index is 1.84. The first kappa shape index (κ1) is 29.7. The SMILES string of the molecule is COCCC1=Cc2nc1ccc1[nH]c(cc1CCOC)c1nc(c(OC)cc3[nH]c2cc3CCOC)C(CCOC)=C1. The molecule has 2 N–H and O–H groups in total. The number of hydrogen-bond donors (Lipinski definition) is 2. The van der Waals surface area contributed by atoms with E-state index in [1.165, 1.54) is 0 Å². The first-order valence-electron chi connectivity index (χ1n) is 14.3. The molecule has 9 heteroatoms. The molecule has 8 bridgehead atoms. The van der Waals surface area contributed by atoms with Crippen LogP contribution in [0.2, 0.25) is 0 Å². The molecule has 0 saturated carbocycles. The zero-order valence-electron chi connectivity index (χ0n) is 25.1. The minimum atomic E-state index is 0.578. The summed E-state index contributed by atoms with van der Waals surface area (Å²) in [6.07, 6.45) is 7.25. The van der Waals surface area contributed by atoms with Gasteiger partial charge in [0.05, 0.1) is 61.7 Å². The van der Waals surface area contributed by atoms with E-state index in [0.29, 0.717) is 38.6 Å². The van der Waals surface area contributed by atoms with Gasteiger partial charge in [0.1, 0.15) is 11.4 Å². The molecule has 0 fully saturated rings. The van der Waals surface area contributed by atoms with Gasteiger partial charge in [-0.25, -0.2) is 9.97 Å². The summed E-state index contributed by atoms with van der Waals surface area (Å²) in [7, 11) is 8.56. The fraction of sp³-hybridized carbons (Fsp3) is 0.394. The third kappa shape index (κ3) is 6.50. The fourth-order valence-corrected chi connectivity index (χ4v) is 5.31. The van der Waals surface area contributed by atoms with Crippen molar-refractivity contribution in [2.24, 2.45) is 0 Å². The van der Waals surface area contributed by atoms with Crippen LogP contribution in [0.5, 0.6) is 5.75 Å². The lowest BCUT2D eigenvalue weighted by atomic mass is 10.1. The first-order valence-corrected chi connectivity index (χ1v) is 14.3. The number of aromatic nitrogens is 4. The highest BCUT2D eigenvalue weighted by atomic mass is 16.5. The van der Waals surface area contributed by atoms with Crippen LogP contribution in [-0.2, 0) is 31.8 Å². The highest BCUT2D eigenvalue weighted by Gasteiger charge is 2.19. The average Bonchev–Trinajstić information content (AvgIpc) is 3.78. The number of methoxy groups -OCH3 is 5. The normalized spacial score (nSPS) is 12.9. The van der Waals surface area contributed by atoms with Gasteiger partial charge < -0.3 is 33.7 Å². The molecule has 9 nitrogen and oxygen atoms in total. The molecule has 3 aromatic heterocycles. The van der Waals surface area contributed by atoms with E-state index in [9.17, 15) is 0 Å². The number of hydrogen-bond acceptors (Lipinski definition) is 7. The van der Waals surface area contributed by atoms with Crippen molar-refractivity contribution >= 4 is 45.4 Å². The molecule has 5 rings (SSSR count). The maximum absolute atomic E-state index is 5.98. The zero-order chi connectivity index (χ0) is 29.5. The van der Waals surface area contributed by atoms with E-state index >= 15 is 0 Å². The van der Waals surface area contributed by atoms with Crippen LogP contribution in [0.1, 0.15) is 46.7 Å². The Morgan fingerprint density at radius 2 is 1.12 bits per heavy atom. The summed E-state index contributed by atoms with van der Waals surface area (Å²) in [4.78, 5) is 17.4. The van der Waals surface area contributed by atoms with E-state index in [4.69, 9.17) is 33.7 Å². The van der Waals surface area contributed by atoms with Crippen molar-refractivity contribution in [3.8, 4) is 5.75 Å². The molecule has 0 spiro atoms. The molecule has 3 aromatic rings. The van der Waals surface area contributed by atoms with Gasteiger partial charge in [-0.15, -0.1) is 0 Å². The molecule has 222 valence electrons. The van der Waals surface area contributed by atoms with Crippen LogP contribution in [0, 0.1) is 0 Å². The Kier molecular flexibility index (Phi) is 9.86. The largest absolute Gasteiger partial charge is 0.494 e. The molecule has 0 aliphatic carbocycles. The summed E-state index contributed by atoms with van der Waals surface area (Å²) in [5.41, 5.74) is 11.7. The van der Waals surface area contributed by atoms with E-state index in [0.717, 1.165) is 86.4 Å². The Bertz CT molecular complexity index is 1630. The summed E-state index contributed by atoms with van der Waals surface area (Å²) in [6.45, 7) is 2.41. The van der Waals surface area contributed by atoms with Crippen molar-refractivity contribution in [1.29, 1.82) is 0 Å². The van der Waals surface area contributed by atoms with Gasteiger partial charge >= 0.3 is 0 Å². The summed E-state index contributed by atoms with van der Waals surface area (Å²) in [5.74, 6) is 0.676. The van der Waals surface area contributed by atoms with Crippen LogP contribution in [0.4, 0.5) is 0 Å². The van der Waals surface area contributed by atoms with Crippen molar-refractivity contribution in [2.45, 2.75) is 25.7 Å². The van der Waals surface area contributed by atoms with Gasteiger partial charge in [-0.3, -0.25) is 0 Å². The summed E-state index contributed by atoms with van der Waals surface area (Å²) in [6, 6.07) is 10.5. The minimum absolute atomic E-state index is 0.578. The lowest BCUT2D eigenvalue weighted by Crippen LogP contribution is -1.95. The first-order chi connectivity index (χ1) is 20.6. The molecule has 2 aliphatic heterocycles. The second kappa shape index (κ2) is 13.9. The smallest absolute Gasteiger partial charge is 0.146 e. The topological polar surface area (TPSA) is 104 Å². The van der Waals surface area contributed by atoms with E-state index in [1.54, 1.807) is 35.5 Å². The number of nitrogens with one attached hydrogen (secondary N) is 2. The molecule has 0 unspecified atom stereocenters. The van der Waals surface area contributed by atoms with Crippen LogP contribution < -0.4 is 4.74 Å². The molecule has 0 atom stereocenters. The summed E-state index contributed by atoms with van der Waals surface area (Å²) in [5, 5.41) is 0. The standard InChI is InChI=1S/C33H40N4O5/c1-38-12-8-21-16-28-29-18-23(10-14-40-3)27(36-29)20-32(42-5)33-24(11-15-41-4)19-31(37-33)30-17-22(9-13-39-2)26(35-30)7-6-25(21)34-28/h6-7,16-20,35-36H,8-15H2,1-5H3. The molecular weight excluding hydrogens is 532 g/mol. The van der Waals surface area contributed by atoms with Gasteiger partial charge in [0, 0.05) is 45.5 Å². The van der Waals surface area contributed by atoms with E-state index < -0.39 is 0 Å². The second-order valence-corrected chi connectivity index (χ2v) is 10.3.